The van der Waals surface area contributed by atoms with Crippen LogP contribution in [0.2, 0.25) is 0 Å². The lowest BCUT2D eigenvalue weighted by molar-refractivity contribution is -0.0503. The fourth-order valence-corrected chi connectivity index (χ4v) is 7.63. The topological polar surface area (TPSA) is 49.0 Å². The number of rotatable bonds is 11. The van der Waals surface area contributed by atoms with E-state index in [1.807, 2.05) is 25.7 Å². The SMILES string of the molecule is CCOC(C)(NC)c1ccsc1-c1cc2cc(OC)c(C3SC=CC3C(C)(C)OCC)cc2cc1OC. The van der Waals surface area contributed by atoms with Crippen LogP contribution in [0.5, 0.6) is 11.5 Å². The second-order valence-electron chi connectivity index (χ2n) is 9.82. The zero-order valence-electron chi connectivity index (χ0n) is 23.1. The Morgan fingerprint density at radius 1 is 0.919 bits per heavy atom. The molecule has 2 heterocycles. The first-order chi connectivity index (χ1) is 17.7. The number of hydrogen-bond acceptors (Lipinski definition) is 7. The molecule has 37 heavy (non-hydrogen) atoms. The molecular weight excluding hydrogens is 502 g/mol. The molecule has 0 fully saturated rings. The largest absolute Gasteiger partial charge is 0.496 e. The highest BCUT2D eigenvalue weighted by Crippen LogP contribution is 2.52. The highest BCUT2D eigenvalue weighted by atomic mass is 32.2. The van der Waals surface area contributed by atoms with Crippen LogP contribution in [0.25, 0.3) is 21.2 Å². The first kappa shape index (κ1) is 28.0. The van der Waals surface area contributed by atoms with E-state index in [0.29, 0.717) is 13.2 Å². The molecule has 7 heteroatoms. The number of ether oxygens (including phenoxy) is 4. The lowest BCUT2D eigenvalue weighted by atomic mass is 9.84. The van der Waals surface area contributed by atoms with Crippen molar-refractivity contribution in [3.8, 4) is 21.9 Å². The molecule has 1 aromatic heterocycles. The Bertz CT molecular complexity index is 1270. The van der Waals surface area contributed by atoms with Gasteiger partial charge in [-0.1, -0.05) is 6.08 Å². The van der Waals surface area contributed by atoms with Crippen molar-refractivity contribution in [1.29, 1.82) is 0 Å². The van der Waals surface area contributed by atoms with Crippen molar-refractivity contribution >= 4 is 33.9 Å². The van der Waals surface area contributed by atoms with Crippen LogP contribution in [0, 0.1) is 5.92 Å². The van der Waals surface area contributed by atoms with Crippen LogP contribution in [-0.4, -0.2) is 40.1 Å². The summed E-state index contributed by atoms with van der Waals surface area (Å²) in [6.45, 7) is 11.8. The Kier molecular flexibility index (Phi) is 8.61. The zero-order valence-corrected chi connectivity index (χ0v) is 24.8. The van der Waals surface area contributed by atoms with Crippen LogP contribution >= 0.6 is 23.1 Å². The van der Waals surface area contributed by atoms with E-state index in [1.54, 1.807) is 25.6 Å². The average Bonchev–Trinajstić information content (AvgIpc) is 3.58. The molecule has 0 spiro atoms. The number of methoxy groups -OCH3 is 2. The Hall–Kier alpha value is -2.03. The number of thioether (sulfide) groups is 1. The van der Waals surface area contributed by atoms with Crippen molar-refractivity contribution in [3.63, 3.8) is 0 Å². The normalized spacial score (nSPS) is 19.4. The van der Waals surface area contributed by atoms with E-state index in [-0.39, 0.29) is 16.8 Å². The first-order valence-electron chi connectivity index (χ1n) is 12.8. The summed E-state index contributed by atoms with van der Waals surface area (Å²) < 4.78 is 24.2. The van der Waals surface area contributed by atoms with E-state index in [0.717, 1.165) is 38.3 Å². The molecular formula is C30H39NO4S2. The summed E-state index contributed by atoms with van der Waals surface area (Å²) in [7, 11) is 5.42. The van der Waals surface area contributed by atoms with Gasteiger partial charge in [0.15, 0.2) is 0 Å². The molecule has 0 bridgehead atoms. The molecule has 3 atom stereocenters. The van der Waals surface area contributed by atoms with Gasteiger partial charge >= 0.3 is 0 Å². The Morgan fingerprint density at radius 3 is 2.24 bits per heavy atom. The van der Waals surface area contributed by atoms with Crippen molar-refractivity contribution in [2.45, 2.75) is 51.2 Å². The number of nitrogens with one attached hydrogen (secondary N) is 1. The fourth-order valence-electron chi connectivity index (χ4n) is 5.27. The van der Waals surface area contributed by atoms with Crippen LogP contribution in [0.15, 0.2) is 47.2 Å². The van der Waals surface area contributed by atoms with Gasteiger partial charge in [-0.2, -0.15) is 0 Å². The van der Waals surface area contributed by atoms with Crippen LogP contribution in [-0.2, 0) is 15.2 Å². The zero-order chi connectivity index (χ0) is 26.8. The maximum absolute atomic E-state index is 6.15. The van der Waals surface area contributed by atoms with Gasteiger partial charge in [-0.15, -0.1) is 23.1 Å². The van der Waals surface area contributed by atoms with E-state index in [4.69, 9.17) is 18.9 Å². The summed E-state index contributed by atoms with van der Waals surface area (Å²) in [5, 5.41) is 10.1. The van der Waals surface area contributed by atoms with Crippen LogP contribution < -0.4 is 14.8 Å². The summed E-state index contributed by atoms with van der Waals surface area (Å²) in [5.41, 5.74) is 2.44. The van der Waals surface area contributed by atoms with Crippen molar-refractivity contribution in [3.05, 3.63) is 58.3 Å². The molecule has 0 saturated heterocycles. The number of thiophene rings is 1. The van der Waals surface area contributed by atoms with Gasteiger partial charge in [0.1, 0.15) is 17.2 Å². The molecule has 2 aromatic carbocycles. The minimum Gasteiger partial charge on any atom is -0.496 e. The van der Waals surface area contributed by atoms with E-state index < -0.39 is 5.72 Å². The quantitative estimate of drug-likeness (QED) is 0.251. The van der Waals surface area contributed by atoms with Gasteiger partial charge in [0, 0.05) is 45.9 Å². The third-order valence-corrected chi connectivity index (χ3v) is 9.41. The van der Waals surface area contributed by atoms with Gasteiger partial charge in [-0.3, -0.25) is 5.32 Å². The minimum absolute atomic E-state index is 0.206. The molecule has 1 aliphatic rings. The maximum atomic E-state index is 6.15. The average molecular weight is 542 g/mol. The molecule has 1 N–H and O–H groups in total. The lowest BCUT2D eigenvalue weighted by Crippen LogP contribution is -2.39. The summed E-state index contributed by atoms with van der Waals surface area (Å²) in [6, 6.07) is 10.9. The third kappa shape index (κ3) is 5.30. The van der Waals surface area contributed by atoms with Crippen molar-refractivity contribution in [2.24, 2.45) is 5.92 Å². The highest BCUT2D eigenvalue weighted by Gasteiger charge is 2.39. The minimum atomic E-state index is -0.597. The summed E-state index contributed by atoms with van der Waals surface area (Å²) in [5.74, 6) is 1.96. The molecule has 200 valence electrons. The predicted molar refractivity (Wildman–Crippen MR) is 157 cm³/mol. The van der Waals surface area contributed by atoms with E-state index in [1.165, 1.54) is 5.56 Å². The monoisotopic (exact) mass is 541 g/mol. The predicted octanol–water partition coefficient (Wildman–Crippen LogP) is 7.75. The molecule has 5 nitrogen and oxygen atoms in total. The second kappa shape index (κ2) is 11.4. The van der Waals surface area contributed by atoms with Crippen molar-refractivity contribution in [1.82, 2.24) is 5.32 Å². The highest BCUT2D eigenvalue weighted by molar-refractivity contribution is 8.02. The Labute approximate surface area is 229 Å². The number of fused-ring (bicyclic) bond motifs is 1. The van der Waals surface area contributed by atoms with Crippen molar-refractivity contribution < 1.29 is 18.9 Å². The first-order valence-corrected chi connectivity index (χ1v) is 14.6. The lowest BCUT2D eigenvalue weighted by Gasteiger charge is -2.35. The van der Waals surface area contributed by atoms with Crippen molar-refractivity contribution in [2.75, 3.05) is 34.5 Å². The van der Waals surface area contributed by atoms with Gasteiger partial charge in [-0.25, -0.2) is 0 Å². The molecule has 0 aliphatic carbocycles. The molecule has 0 amide bonds. The smallest absolute Gasteiger partial charge is 0.143 e. The van der Waals surface area contributed by atoms with E-state index >= 15 is 0 Å². The number of benzene rings is 2. The van der Waals surface area contributed by atoms with Gasteiger partial charge in [-0.05, 0) is 93.6 Å². The molecule has 0 saturated carbocycles. The molecule has 1 aliphatic heterocycles. The van der Waals surface area contributed by atoms with Gasteiger partial charge in [0.05, 0.1) is 19.8 Å². The second-order valence-corrected chi connectivity index (χ2v) is 11.8. The molecule has 3 unspecified atom stereocenters. The maximum Gasteiger partial charge on any atom is 0.143 e. The van der Waals surface area contributed by atoms with Crippen LogP contribution in [0.3, 0.4) is 0 Å². The summed E-state index contributed by atoms with van der Waals surface area (Å²) >= 11 is 3.52. The molecule has 0 radical (unpaired) electrons. The fraction of sp³-hybridized carbons (Fsp3) is 0.467. The molecule has 4 rings (SSSR count). The number of hydrogen-bond donors (Lipinski definition) is 1. The standard InChI is InChI=1S/C30H39NO4S2/c1-9-34-29(3,4)23-11-13-36-27(23)21-15-19-18-26(33-8)22(16-20(19)17-25(21)32-7)28-24(12-14-37-28)30(5,31-6)35-10-2/h11-18,23,27,31H,9-10H2,1-8H3. The van der Waals surface area contributed by atoms with Gasteiger partial charge < -0.3 is 18.9 Å². The third-order valence-electron chi connectivity index (χ3n) is 7.30. The Morgan fingerprint density at radius 2 is 1.59 bits per heavy atom. The van der Waals surface area contributed by atoms with Gasteiger partial charge in [0.2, 0.25) is 0 Å². The molecule has 3 aromatic rings. The van der Waals surface area contributed by atoms with E-state index in [2.05, 4.69) is 80.2 Å². The summed E-state index contributed by atoms with van der Waals surface area (Å²) in [4.78, 5) is 1.13. The van der Waals surface area contributed by atoms with Crippen LogP contribution in [0.4, 0.5) is 0 Å². The van der Waals surface area contributed by atoms with Gasteiger partial charge in [0.25, 0.3) is 0 Å². The Balaban J connectivity index is 1.83. The summed E-state index contributed by atoms with van der Waals surface area (Å²) in [6.07, 6.45) is 2.27. The van der Waals surface area contributed by atoms with E-state index in [9.17, 15) is 0 Å². The van der Waals surface area contributed by atoms with Crippen LogP contribution in [0.1, 0.15) is 51.0 Å².